The minimum Gasteiger partial charge on any atom is -0.481 e. The normalized spacial score (nSPS) is 18.9. The summed E-state index contributed by atoms with van der Waals surface area (Å²) in [5, 5.41) is 11.6. The minimum absolute atomic E-state index is 0.118. The molecule has 1 fully saturated rings. The summed E-state index contributed by atoms with van der Waals surface area (Å²) in [4.78, 5) is 38.0. The van der Waals surface area contributed by atoms with Crippen LogP contribution in [-0.4, -0.2) is 38.2 Å². The molecular formula is C12H15N3O4S. The van der Waals surface area contributed by atoms with Crippen molar-refractivity contribution in [3.63, 3.8) is 0 Å². The Morgan fingerprint density at radius 1 is 1.60 bits per heavy atom. The fraction of sp³-hybridized carbons (Fsp3) is 0.500. The first kappa shape index (κ1) is 14.6. The number of carboxylic acids is 1. The largest absolute Gasteiger partial charge is 0.481 e. The van der Waals surface area contributed by atoms with Crippen LogP contribution in [0.3, 0.4) is 0 Å². The van der Waals surface area contributed by atoms with Gasteiger partial charge >= 0.3 is 5.97 Å². The van der Waals surface area contributed by atoms with Crippen LogP contribution in [0.4, 0.5) is 0 Å². The number of aromatic nitrogens is 2. The second-order valence-corrected chi connectivity index (χ2v) is 5.35. The Labute approximate surface area is 119 Å². The highest BCUT2D eigenvalue weighted by atomic mass is 32.2. The molecule has 7 nitrogen and oxygen atoms in total. The summed E-state index contributed by atoms with van der Waals surface area (Å²) in [7, 11) is 0. The lowest BCUT2D eigenvalue weighted by Crippen LogP contribution is -2.42. The van der Waals surface area contributed by atoms with E-state index in [1.807, 2.05) is 6.92 Å². The summed E-state index contributed by atoms with van der Waals surface area (Å²) in [6, 6.07) is -0.499. The highest BCUT2D eigenvalue weighted by molar-refractivity contribution is 7.99. The number of aryl methyl sites for hydroxylation is 1. The fourth-order valence-corrected chi connectivity index (χ4v) is 2.90. The van der Waals surface area contributed by atoms with Crippen LogP contribution in [0.25, 0.3) is 0 Å². The van der Waals surface area contributed by atoms with Gasteiger partial charge in [0.2, 0.25) is 11.8 Å². The number of carbonyl (C=O) groups is 3. The van der Waals surface area contributed by atoms with Crippen LogP contribution in [-0.2, 0) is 20.8 Å². The molecule has 1 aliphatic heterocycles. The van der Waals surface area contributed by atoms with Gasteiger partial charge in [-0.05, 0) is 12.8 Å². The number of rotatable bonds is 5. The molecular weight excluding hydrogens is 282 g/mol. The molecule has 8 heteroatoms. The van der Waals surface area contributed by atoms with Gasteiger partial charge in [0.05, 0.1) is 5.75 Å². The summed E-state index contributed by atoms with van der Waals surface area (Å²) < 4.78 is 1.75. The SMILES string of the molecule is CCc1cnc(SCC(=O)O)n1C1CCC(=O)NC1=O. The maximum Gasteiger partial charge on any atom is 0.313 e. The molecule has 2 amide bonds. The zero-order valence-corrected chi connectivity index (χ0v) is 11.8. The molecule has 0 spiro atoms. The van der Waals surface area contributed by atoms with E-state index < -0.39 is 12.0 Å². The van der Waals surface area contributed by atoms with Gasteiger partial charge < -0.3 is 9.67 Å². The van der Waals surface area contributed by atoms with Crippen molar-refractivity contribution in [3.05, 3.63) is 11.9 Å². The Kier molecular flexibility index (Phi) is 4.43. The molecule has 20 heavy (non-hydrogen) atoms. The number of thioether (sulfide) groups is 1. The monoisotopic (exact) mass is 297 g/mol. The van der Waals surface area contributed by atoms with Gasteiger partial charge in [-0.1, -0.05) is 18.7 Å². The van der Waals surface area contributed by atoms with E-state index in [-0.39, 0.29) is 24.0 Å². The quantitative estimate of drug-likeness (QED) is 0.609. The lowest BCUT2D eigenvalue weighted by atomic mass is 10.1. The molecule has 108 valence electrons. The number of piperidine rings is 1. The number of hydrogen-bond acceptors (Lipinski definition) is 5. The van der Waals surface area contributed by atoms with Gasteiger partial charge in [0.25, 0.3) is 0 Å². The molecule has 2 rings (SSSR count). The number of aliphatic carboxylic acids is 1. The fourth-order valence-electron chi connectivity index (χ4n) is 2.13. The van der Waals surface area contributed by atoms with E-state index in [1.165, 1.54) is 0 Å². The highest BCUT2D eigenvalue weighted by Gasteiger charge is 2.31. The Morgan fingerprint density at radius 2 is 2.35 bits per heavy atom. The van der Waals surface area contributed by atoms with E-state index in [1.54, 1.807) is 10.8 Å². The average Bonchev–Trinajstić information content (AvgIpc) is 2.79. The number of carbonyl (C=O) groups excluding carboxylic acids is 2. The first-order chi connectivity index (χ1) is 9.52. The topological polar surface area (TPSA) is 101 Å². The van der Waals surface area contributed by atoms with Crippen LogP contribution in [0, 0.1) is 0 Å². The number of carboxylic acid groups (broad SMARTS) is 1. The predicted octanol–water partition coefficient (Wildman–Crippen LogP) is 0.600. The van der Waals surface area contributed by atoms with Crippen LogP contribution in [0.1, 0.15) is 31.5 Å². The van der Waals surface area contributed by atoms with Gasteiger partial charge in [0.15, 0.2) is 5.16 Å². The Bertz CT molecular complexity index is 555. The number of amides is 2. The summed E-state index contributed by atoms with van der Waals surface area (Å²) >= 11 is 1.08. The second-order valence-electron chi connectivity index (χ2n) is 4.40. The van der Waals surface area contributed by atoms with Gasteiger partial charge in [0.1, 0.15) is 6.04 Å². The summed E-state index contributed by atoms with van der Waals surface area (Å²) in [6.45, 7) is 1.94. The van der Waals surface area contributed by atoms with Gasteiger partial charge in [-0.15, -0.1) is 0 Å². The van der Waals surface area contributed by atoms with Crippen LogP contribution in [0.15, 0.2) is 11.4 Å². The van der Waals surface area contributed by atoms with Crippen molar-refractivity contribution in [2.45, 2.75) is 37.4 Å². The molecule has 1 atom stereocenters. The lowest BCUT2D eigenvalue weighted by molar-refractivity contribution is -0.136. The standard InChI is InChI=1S/C12H15N3O4S/c1-2-7-5-13-12(20-6-10(17)18)15(7)8-3-4-9(16)14-11(8)19/h5,8H,2-4,6H2,1H3,(H,17,18)(H,14,16,19). The molecule has 1 aromatic heterocycles. The van der Waals surface area contributed by atoms with Crippen LogP contribution < -0.4 is 5.32 Å². The van der Waals surface area contributed by atoms with Crippen molar-refractivity contribution >= 4 is 29.5 Å². The zero-order chi connectivity index (χ0) is 14.7. The molecule has 0 saturated carbocycles. The second kappa shape index (κ2) is 6.08. The molecule has 1 unspecified atom stereocenters. The highest BCUT2D eigenvalue weighted by Crippen LogP contribution is 2.28. The lowest BCUT2D eigenvalue weighted by Gasteiger charge is -2.25. The van der Waals surface area contributed by atoms with Gasteiger partial charge in [0, 0.05) is 18.3 Å². The molecule has 1 aromatic rings. The van der Waals surface area contributed by atoms with Crippen molar-refractivity contribution in [1.29, 1.82) is 0 Å². The van der Waals surface area contributed by atoms with Crippen LogP contribution >= 0.6 is 11.8 Å². The third-order valence-corrected chi connectivity index (χ3v) is 4.00. The average molecular weight is 297 g/mol. The number of nitrogens with one attached hydrogen (secondary N) is 1. The summed E-state index contributed by atoms with van der Waals surface area (Å²) in [5.74, 6) is -1.69. The zero-order valence-electron chi connectivity index (χ0n) is 11.0. The van der Waals surface area contributed by atoms with E-state index in [2.05, 4.69) is 10.3 Å². The Hall–Kier alpha value is -1.83. The van der Waals surface area contributed by atoms with Crippen LogP contribution in [0.2, 0.25) is 0 Å². The van der Waals surface area contributed by atoms with E-state index in [0.717, 1.165) is 17.5 Å². The Morgan fingerprint density at radius 3 is 2.95 bits per heavy atom. The van der Waals surface area contributed by atoms with E-state index in [4.69, 9.17) is 5.11 Å². The number of imide groups is 1. The molecule has 1 aliphatic rings. The number of nitrogens with zero attached hydrogens (tertiary/aromatic N) is 2. The van der Waals surface area contributed by atoms with E-state index in [0.29, 0.717) is 18.0 Å². The molecule has 0 aliphatic carbocycles. The van der Waals surface area contributed by atoms with Gasteiger partial charge in [-0.25, -0.2) is 4.98 Å². The predicted molar refractivity (Wildman–Crippen MR) is 71.4 cm³/mol. The van der Waals surface area contributed by atoms with Crippen molar-refractivity contribution in [2.24, 2.45) is 0 Å². The Balaban J connectivity index is 2.28. The molecule has 0 radical (unpaired) electrons. The number of imidazole rings is 1. The first-order valence-electron chi connectivity index (χ1n) is 6.27. The summed E-state index contributed by atoms with van der Waals surface area (Å²) in [6.07, 6.45) is 3.02. The molecule has 2 heterocycles. The molecule has 2 N–H and O–H groups in total. The molecule has 0 aromatic carbocycles. The van der Waals surface area contributed by atoms with Crippen molar-refractivity contribution < 1.29 is 19.5 Å². The van der Waals surface area contributed by atoms with Crippen molar-refractivity contribution in [2.75, 3.05) is 5.75 Å². The smallest absolute Gasteiger partial charge is 0.313 e. The van der Waals surface area contributed by atoms with E-state index >= 15 is 0 Å². The third kappa shape index (κ3) is 3.01. The minimum atomic E-state index is -0.939. The van der Waals surface area contributed by atoms with Crippen molar-refractivity contribution in [3.8, 4) is 0 Å². The van der Waals surface area contributed by atoms with Gasteiger partial charge in [-0.2, -0.15) is 0 Å². The third-order valence-electron chi connectivity index (χ3n) is 3.05. The molecule has 1 saturated heterocycles. The maximum absolute atomic E-state index is 12.0. The van der Waals surface area contributed by atoms with Crippen molar-refractivity contribution in [1.82, 2.24) is 14.9 Å². The van der Waals surface area contributed by atoms with E-state index in [9.17, 15) is 14.4 Å². The first-order valence-corrected chi connectivity index (χ1v) is 7.25. The number of hydrogen-bond donors (Lipinski definition) is 2. The molecule has 0 bridgehead atoms. The maximum atomic E-state index is 12.0. The summed E-state index contributed by atoms with van der Waals surface area (Å²) in [5.41, 5.74) is 0.854. The van der Waals surface area contributed by atoms with Crippen LogP contribution in [0.5, 0.6) is 0 Å². The van der Waals surface area contributed by atoms with Gasteiger partial charge in [-0.3, -0.25) is 19.7 Å².